The summed E-state index contributed by atoms with van der Waals surface area (Å²) in [6.07, 6.45) is 1.48. The lowest BCUT2D eigenvalue weighted by atomic mass is 9.80. The minimum atomic E-state index is -0.260. The van der Waals surface area contributed by atoms with Crippen LogP contribution in [0.3, 0.4) is 0 Å². The topological polar surface area (TPSA) is 55.1 Å². The van der Waals surface area contributed by atoms with Gasteiger partial charge in [0.25, 0.3) is 0 Å². The average molecular weight is 222 g/mol. The van der Waals surface area contributed by atoms with E-state index in [9.17, 15) is 9.18 Å². The third-order valence-corrected chi connectivity index (χ3v) is 2.97. The van der Waals surface area contributed by atoms with E-state index in [1.807, 2.05) is 0 Å². The van der Waals surface area contributed by atoms with Gasteiger partial charge in [-0.3, -0.25) is 4.79 Å². The van der Waals surface area contributed by atoms with E-state index in [-0.39, 0.29) is 23.7 Å². The van der Waals surface area contributed by atoms with Gasteiger partial charge in [0.2, 0.25) is 5.91 Å². The van der Waals surface area contributed by atoms with Gasteiger partial charge in [0.15, 0.2) is 0 Å². The molecule has 1 amide bonds. The molecule has 0 bridgehead atoms. The monoisotopic (exact) mass is 222 g/mol. The molecule has 1 aromatic carbocycles. The molecule has 0 heterocycles. The van der Waals surface area contributed by atoms with Crippen LogP contribution in [0.1, 0.15) is 18.4 Å². The van der Waals surface area contributed by atoms with E-state index in [0.29, 0.717) is 11.3 Å². The summed E-state index contributed by atoms with van der Waals surface area (Å²) in [5.74, 6) is -0.267. The van der Waals surface area contributed by atoms with Crippen molar-refractivity contribution in [2.45, 2.75) is 25.8 Å². The van der Waals surface area contributed by atoms with Gasteiger partial charge in [-0.05, 0) is 43.5 Å². The number of nitrogens with two attached hydrogens (primary N) is 1. The first-order chi connectivity index (χ1) is 7.56. The third-order valence-electron chi connectivity index (χ3n) is 2.97. The lowest BCUT2D eigenvalue weighted by molar-refractivity contribution is -0.122. The molecule has 0 atom stereocenters. The summed E-state index contributed by atoms with van der Waals surface area (Å²) < 4.78 is 13.0. The quantitative estimate of drug-likeness (QED) is 0.801. The summed E-state index contributed by atoms with van der Waals surface area (Å²) in [6, 6.07) is 4.72. The Kier molecular flexibility index (Phi) is 2.92. The Morgan fingerprint density at radius 3 is 2.75 bits per heavy atom. The molecule has 0 saturated heterocycles. The summed E-state index contributed by atoms with van der Waals surface area (Å²) in [4.78, 5) is 11.7. The maximum atomic E-state index is 13.0. The van der Waals surface area contributed by atoms with Gasteiger partial charge in [0.05, 0.1) is 0 Å². The van der Waals surface area contributed by atoms with Crippen molar-refractivity contribution in [1.29, 1.82) is 0 Å². The molecular formula is C12H15FN2O. The van der Waals surface area contributed by atoms with Crippen LogP contribution in [0.15, 0.2) is 18.2 Å². The fourth-order valence-electron chi connectivity index (χ4n) is 1.84. The molecule has 16 heavy (non-hydrogen) atoms. The van der Waals surface area contributed by atoms with E-state index in [4.69, 9.17) is 5.73 Å². The minimum absolute atomic E-state index is 0.0142. The number of carbonyl (C=O) groups is 1. The first-order valence-corrected chi connectivity index (χ1v) is 5.39. The number of amides is 1. The molecule has 0 spiro atoms. The summed E-state index contributed by atoms with van der Waals surface area (Å²) in [7, 11) is 0. The number of hydrogen-bond donors (Lipinski definition) is 2. The Labute approximate surface area is 93.8 Å². The van der Waals surface area contributed by atoms with Gasteiger partial charge in [0.1, 0.15) is 5.82 Å². The molecule has 0 aromatic heterocycles. The minimum Gasteiger partial charge on any atom is -0.328 e. The van der Waals surface area contributed by atoms with Crippen molar-refractivity contribution in [2.24, 2.45) is 11.7 Å². The predicted octanol–water partition coefficient (Wildman–Crippen LogP) is 1.81. The second-order valence-corrected chi connectivity index (χ2v) is 4.38. The molecule has 1 aromatic rings. The lowest BCUT2D eigenvalue weighted by Gasteiger charge is -2.31. The van der Waals surface area contributed by atoms with Gasteiger partial charge in [-0.25, -0.2) is 4.39 Å². The number of carbonyl (C=O) groups excluding carboxylic acids is 1. The first-order valence-electron chi connectivity index (χ1n) is 5.39. The fraction of sp³-hybridized carbons (Fsp3) is 0.417. The summed E-state index contributed by atoms with van der Waals surface area (Å²) in [5, 5.41) is 2.77. The summed E-state index contributed by atoms with van der Waals surface area (Å²) in [6.45, 7) is 1.67. The van der Waals surface area contributed by atoms with Crippen LogP contribution >= 0.6 is 0 Å². The van der Waals surface area contributed by atoms with Crippen molar-refractivity contribution >= 4 is 11.6 Å². The summed E-state index contributed by atoms with van der Waals surface area (Å²) in [5.41, 5.74) is 6.79. The number of nitrogens with one attached hydrogen (secondary N) is 1. The first kappa shape index (κ1) is 11.1. The molecular weight excluding hydrogens is 207 g/mol. The van der Waals surface area contributed by atoms with Crippen molar-refractivity contribution in [3.63, 3.8) is 0 Å². The SMILES string of the molecule is Cc1cc(NC(=O)C2CC(N)C2)ccc1F. The van der Waals surface area contributed by atoms with E-state index in [2.05, 4.69) is 5.32 Å². The van der Waals surface area contributed by atoms with E-state index in [0.717, 1.165) is 12.8 Å². The van der Waals surface area contributed by atoms with E-state index < -0.39 is 0 Å². The number of aryl methyl sites for hydroxylation is 1. The zero-order valence-corrected chi connectivity index (χ0v) is 9.16. The maximum absolute atomic E-state index is 13.0. The van der Waals surface area contributed by atoms with Gasteiger partial charge in [-0.15, -0.1) is 0 Å². The van der Waals surface area contributed by atoms with Crippen LogP contribution in [0.2, 0.25) is 0 Å². The average Bonchev–Trinajstić information content (AvgIpc) is 2.19. The van der Waals surface area contributed by atoms with Gasteiger partial charge in [-0.2, -0.15) is 0 Å². The van der Waals surface area contributed by atoms with Crippen LogP contribution in [0.4, 0.5) is 10.1 Å². The highest BCUT2D eigenvalue weighted by Gasteiger charge is 2.31. The van der Waals surface area contributed by atoms with Crippen LogP contribution in [-0.4, -0.2) is 11.9 Å². The van der Waals surface area contributed by atoms with E-state index in [1.54, 1.807) is 19.1 Å². The molecule has 1 aliphatic rings. The smallest absolute Gasteiger partial charge is 0.227 e. The van der Waals surface area contributed by atoms with Crippen LogP contribution in [-0.2, 0) is 4.79 Å². The van der Waals surface area contributed by atoms with Crippen LogP contribution in [0, 0.1) is 18.7 Å². The highest BCUT2D eigenvalue weighted by Crippen LogP contribution is 2.27. The third kappa shape index (κ3) is 2.22. The van der Waals surface area contributed by atoms with Crippen molar-refractivity contribution < 1.29 is 9.18 Å². The van der Waals surface area contributed by atoms with Crippen molar-refractivity contribution in [2.75, 3.05) is 5.32 Å². The Hall–Kier alpha value is -1.42. The normalized spacial score (nSPS) is 23.7. The molecule has 4 heteroatoms. The van der Waals surface area contributed by atoms with Crippen LogP contribution in [0.25, 0.3) is 0 Å². The number of halogens is 1. The molecule has 86 valence electrons. The number of anilines is 1. The number of benzene rings is 1. The fourth-order valence-corrected chi connectivity index (χ4v) is 1.84. The molecule has 0 unspecified atom stereocenters. The molecule has 1 fully saturated rings. The maximum Gasteiger partial charge on any atom is 0.227 e. The largest absolute Gasteiger partial charge is 0.328 e. The Morgan fingerprint density at radius 2 is 2.19 bits per heavy atom. The van der Waals surface area contributed by atoms with Crippen molar-refractivity contribution in [3.05, 3.63) is 29.6 Å². The highest BCUT2D eigenvalue weighted by molar-refractivity contribution is 5.93. The Bertz CT molecular complexity index is 413. The van der Waals surface area contributed by atoms with Crippen LogP contribution in [0.5, 0.6) is 0 Å². The van der Waals surface area contributed by atoms with Crippen molar-refractivity contribution in [1.82, 2.24) is 0 Å². The van der Waals surface area contributed by atoms with Crippen LogP contribution < -0.4 is 11.1 Å². The Morgan fingerprint density at radius 1 is 1.50 bits per heavy atom. The standard InChI is InChI=1S/C12H15FN2O/c1-7-4-10(2-3-11(7)13)15-12(16)8-5-9(14)6-8/h2-4,8-9H,5-6,14H2,1H3,(H,15,16). The highest BCUT2D eigenvalue weighted by atomic mass is 19.1. The molecule has 3 nitrogen and oxygen atoms in total. The van der Waals surface area contributed by atoms with Gasteiger partial charge in [0, 0.05) is 17.6 Å². The molecule has 3 N–H and O–H groups in total. The Balaban J connectivity index is 1.98. The predicted molar refractivity (Wildman–Crippen MR) is 60.5 cm³/mol. The molecule has 0 radical (unpaired) electrons. The van der Waals surface area contributed by atoms with Gasteiger partial charge < -0.3 is 11.1 Å². The number of hydrogen-bond acceptors (Lipinski definition) is 2. The zero-order chi connectivity index (χ0) is 11.7. The van der Waals surface area contributed by atoms with Gasteiger partial charge >= 0.3 is 0 Å². The van der Waals surface area contributed by atoms with Gasteiger partial charge in [-0.1, -0.05) is 0 Å². The number of rotatable bonds is 2. The van der Waals surface area contributed by atoms with E-state index >= 15 is 0 Å². The molecule has 2 rings (SSSR count). The zero-order valence-electron chi connectivity index (χ0n) is 9.16. The molecule has 0 aliphatic heterocycles. The second kappa shape index (κ2) is 4.22. The molecule has 1 saturated carbocycles. The lowest BCUT2D eigenvalue weighted by Crippen LogP contribution is -2.42. The van der Waals surface area contributed by atoms with E-state index in [1.165, 1.54) is 6.07 Å². The summed E-state index contributed by atoms with van der Waals surface area (Å²) >= 11 is 0. The van der Waals surface area contributed by atoms with Crippen molar-refractivity contribution in [3.8, 4) is 0 Å². The second-order valence-electron chi connectivity index (χ2n) is 4.38. The molecule has 1 aliphatic carbocycles.